The number of benzene rings is 1. The van der Waals surface area contributed by atoms with Crippen LogP contribution in [0, 0.1) is 5.92 Å². The highest BCUT2D eigenvalue weighted by Gasteiger charge is 2.20. The lowest BCUT2D eigenvalue weighted by Gasteiger charge is -2.16. The van der Waals surface area contributed by atoms with Crippen LogP contribution < -0.4 is 10.1 Å². The summed E-state index contributed by atoms with van der Waals surface area (Å²) < 4.78 is 5.64. The van der Waals surface area contributed by atoms with Crippen LogP contribution in [0.4, 0.5) is 5.69 Å². The average molecular weight is 305 g/mol. The number of ether oxygens (including phenoxy) is 1. The summed E-state index contributed by atoms with van der Waals surface area (Å²) in [5, 5.41) is 11.9. The SMILES string of the molecule is CC(C)Oc1ccc(C(=O)O)cc1NC(=O)CC1CCCC1. The van der Waals surface area contributed by atoms with Gasteiger partial charge in [-0.1, -0.05) is 12.8 Å². The highest BCUT2D eigenvalue weighted by molar-refractivity contribution is 5.95. The third kappa shape index (κ3) is 4.48. The van der Waals surface area contributed by atoms with Gasteiger partial charge in [0.2, 0.25) is 5.91 Å². The molecule has 1 aliphatic carbocycles. The first-order chi connectivity index (χ1) is 10.5. The van der Waals surface area contributed by atoms with Gasteiger partial charge in [-0.05, 0) is 50.8 Å². The van der Waals surface area contributed by atoms with E-state index in [-0.39, 0.29) is 17.6 Å². The molecule has 1 fully saturated rings. The quantitative estimate of drug-likeness (QED) is 0.840. The lowest BCUT2D eigenvalue weighted by molar-refractivity contribution is -0.117. The monoisotopic (exact) mass is 305 g/mol. The fraction of sp³-hybridized carbons (Fsp3) is 0.529. The van der Waals surface area contributed by atoms with Crippen molar-refractivity contribution in [1.29, 1.82) is 0 Å². The van der Waals surface area contributed by atoms with Gasteiger partial charge in [-0.15, -0.1) is 0 Å². The predicted molar refractivity (Wildman–Crippen MR) is 84.4 cm³/mol. The van der Waals surface area contributed by atoms with Crippen LogP contribution in [-0.4, -0.2) is 23.1 Å². The molecule has 0 aliphatic heterocycles. The zero-order valence-electron chi connectivity index (χ0n) is 13.1. The van der Waals surface area contributed by atoms with Crippen molar-refractivity contribution in [1.82, 2.24) is 0 Å². The van der Waals surface area contributed by atoms with Crippen LogP contribution in [0.1, 0.15) is 56.3 Å². The smallest absolute Gasteiger partial charge is 0.335 e. The normalized spacial score (nSPS) is 15.0. The maximum absolute atomic E-state index is 12.2. The van der Waals surface area contributed by atoms with E-state index in [1.165, 1.54) is 25.0 Å². The number of anilines is 1. The molecule has 0 unspecified atom stereocenters. The molecule has 22 heavy (non-hydrogen) atoms. The fourth-order valence-corrected chi connectivity index (χ4v) is 2.80. The van der Waals surface area contributed by atoms with Gasteiger partial charge in [-0.2, -0.15) is 0 Å². The first kappa shape index (κ1) is 16.3. The molecule has 0 heterocycles. The Bertz CT molecular complexity index is 548. The zero-order chi connectivity index (χ0) is 16.1. The van der Waals surface area contributed by atoms with E-state index in [4.69, 9.17) is 9.84 Å². The number of aromatic carboxylic acids is 1. The Kier molecular flexibility index (Phi) is 5.41. The molecule has 0 aromatic heterocycles. The summed E-state index contributed by atoms with van der Waals surface area (Å²) in [7, 11) is 0. The molecule has 2 N–H and O–H groups in total. The van der Waals surface area contributed by atoms with Crippen LogP contribution in [-0.2, 0) is 4.79 Å². The minimum atomic E-state index is -1.03. The van der Waals surface area contributed by atoms with Gasteiger partial charge < -0.3 is 15.2 Å². The number of amides is 1. The second-order valence-corrected chi connectivity index (χ2v) is 6.09. The second-order valence-electron chi connectivity index (χ2n) is 6.09. The minimum Gasteiger partial charge on any atom is -0.489 e. The molecule has 5 nitrogen and oxygen atoms in total. The van der Waals surface area contributed by atoms with Gasteiger partial charge >= 0.3 is 5.97 Å². The van der Waals surface area contributed by atoms with Crippen molar-refractivity contribution in [2.45, 2.75) is 52.1 Å². The van der Waals surface area contributed by atoms with Crippen LogP contribution in [0.5, 0.6) is 5.75 Å². The molecule has 1 aromatic rings. The second kappa shape index (κ2) is 7.29. The summed E-state index contributed by atoms with van der Waals surface area (Å²) in [6.45, 7) is 3.77. The van der Waals surface area contributed by atoms with Crippen molar-refractivity contribution in [2.75, 3.05) is 5.32 Å². The number of carboxylic acid groups (broad SMARTS) is 1. The molecular weight excluding hydrogens is 282 g/mol. The lowest BCUT2D eigenvalue weighted by atomic mass is 10.0. The first-order valence-corrected chi connectivity index (χ1v) is 7.79. The summed E-state index contributed by atoms with van der Waals surface area (Å²) in [5.41, 5.74) is 0.559. The van der Waals surface area contributed by atoms with Gasteiger partial charge in [-0.3, -0.25) is 4.79 Å². The summed E-state index contributed by atoms with van der Waals surface area (Å²) in [4.78, 5) is 23.3. The van der Waals surface area contributed by atoms with Gasteiger partial charge in [0.05, 0.1) is 17.4 Å². The largest absolute Gasteiger partial charge is 0.489 e. The highest BCUT2D eigenvalue weighted by Crippen LogP contribution is 2.30. The van der Waals surface area contributed by atoms with Crippen LogP contribution in [0.15, 0.2) is 18.2 Å². The first-order valence-electron chi connectivity index (χ1n) is 7.79. The predicted octanol–water partition coefficient (Wildman–Crippen LogP) is 3.69. The topological polar surface area (TPSA) is 75.6 Å². The van der Waals surface area contributed by atoms with E-state index < -0.39 is 5.97 Å². The molecule has 0 bridgehead atoms. The van der Waals surface area contributed by atoms with Crippen molar-refractivity contribution in [2.24, 2.45) is 5.92 Å². The number of carbonyl (C=O) groups is 2. The fourth-order valence-electron chi connectivity index (χ4n) is 2.80. The Labute approximate surface area is 130 Å². The molecule has 1 aromatic carbocycles. The van der Waals surface area contributed by atoms with Crippen molar-refractivity contribution in [3.63, 3.8) is 0 Å². The molecule has 5 heteroatoms. The third-order valence-corrected chi connectivity index (χ3v) is 3.81. The van der Waals surface area contributed by atoms with Crippen molar-refractivity contribution in [3.05, 3.63) is 23.8 Å². The molecule has 2 rings (SSSR count). The third-order valence-electron chi connectivity index (χ3n) is 3.81. The summed E-state index contributed by atoms with van der Waals surface area (Å²) >= 11 is 0. The number of hydrogen-bond acceptors (Lipinski definition) is 3. The Morgan fingerprint density at radius 2 is 2.00 bits per heavy atom. The number of nitrogens with one attached hydrogen (secondary N) is 1. The summed E-state index contributed by atoms with van der Waals surface area (Å²) in [6.07, 6.45) is 5.00. The van der Waals surface area contributed by atoms with Gasteiger partial charge in [0.25, 0.3) is 0 Å². The molecule has 0 saturated heterocycles. The van der Waals surface area contributed by atoms with E-state index in [9.17, 15) is 9.59 Å². The van der Waals surface area contributed by atoms with E-state index in [1.54, 1.807) is 6.07 Å². The maximum Gasteiger partial charge on any atom is 0.335 e. The summed E-state index contributed by atoms with van der Waals surface area (Å²) in [6, 6.07) is 4.52. The minimum absolute atomic E-state index is 0.0545. The van der Waals surface area contributed by atoms with E-state index in [1.807, 2.05) is 13.8 Å². The van der Waals surface area contributed by atoms with Gasteiger partial charge in [0.15, 0.2) is 0 Å². The van der Waals surface area contributed by atoms with Crippen LogP contribution >= 0.6 is 0 Å². The molecule has 1 aliphatic rings. The average Bonchev–Trinajstić information content (AvgIpc) is 2.92. The van der Waals surface area contributed by atoms with Crippen molar-refractivity contribution < 1.29 is 19.4 Å². The Hall–Kier alpha value is -2.04. The van der Waals surface area contributed by atoms with Gasteiger partial charge in [0, 0.05) is 6.42 Å². The van der Waals surface area contributed by atoms with Crippen LogP contribution in [0.25, 0.3) is 0 Å². The number of carbonyl (C=O) groups excluding carboxylic acids is 1. The molecule has 1 amide bonds. The van der Waals surface area contributed by atoms with Crippen LogP contribution in [0.2, 0.25) is 0 Å². The molecule has 0 atom stereocenters. The van der Waals surface area contributed by atoms with Crippen LogP contribution in [0.3, 0.4) is 0 Å². The Balaban J connectivity index is 2.12. The Morgan fingerprint density at radius 3 is 2.59 bits per heavy atom. The maximum atomic E-state index is 12.2. The molecule has 1 saturated carbocycles. The van der Waals surface area contributed by atoms with Crippen molar-refractivity contribution in [3.8, 4) is 5.75 Å². The number of rotatable bonds is 6. The molecular formula is C17H23NO4. The molecule has 120 valence electrons. The van der Waals surface area contributed by atoms with Gasteiger partial charge in [-0.25, -0.2) is 4.79 Å². The van der Waals surface area contributed by atoms with E-state index in [0.717, 1.165) is 12.8 Å². The standard InChI is InChI=1S/C17H23NO4/c1-11(2)22-15-8-7-13(17(20)21)10-14(15)18-16(19)9-12-5-3-4-6-12/h7-8,10-12H,3-6,9H2,1-2H3,(H,18,19)(H,20,21). The van der Waals surface area contributed by atoms with E-state index in [2.05, 4.69) is 5.32 Å². The molecule has 0 spiro atoms. The number of carboxylic acids is 1. The Morgan fingerprint density at radius 1 is 1.32 bits per heavy atom. The lowest BCUT2D eigenvalue weighted by Crippen LogP contribution is -2.17. The zero-order valence-corrected chi connectivity index (χ0v) is 13.1. The van der Waals surface area contributed by atoms with Gasteiger partial charge in [0.1, 0.15) is 5.75 Å². The summed E-state index contributed by atoms with van der Waals surface area (Å²) in [5.74, 6) is -0.165. The van der Waals surface area contributed by atoms with E-state index in [0.29, 0.717) is 23.8 Å². The van der Waals surface area contributed by atoms with E-state index >= 15 is 0 Å². The number of hydrogen-bond donors (Lipinski definition) is 2. The molecule has 0 radical (unpaired) electrons. The highest BCUT2D eigenvalue weighted by atomic mass is 16.5. The van der Waals surface area contributed by atoms with Crippen molar-refractivity contribution >= 4 is 17.6 Å².